The molecule has 0 saturated heterocycles. The van der Waals surface area contributed by atoms with Crippen LogP contribution >= 0.6 is 0 Å². The van der Waals surface area contributed by atoms with E-state index < -0.39 is 61.2 Å². The maximum Gasteiger partial charge on any atom is 0.141 e. The molecule has 0 bridgehead atoms. The summed E-state index contributed by atoms with van der Waals surface area (Å²) in [4.78, 5) is 0. The molecule has 3 rings (SSSR count). The first kappa shape index (κ1) is 26.0. The molecule has 0 unspecified atom stereocenters. The van der Waals surface area contributed by atoms with Crippen molar-refractivity contribution in [3.63, 3.8) is 0 Å². The second kappa shape index (κ2) is 8.57. The molecule has 10 heteroatoms. The molecular formula is C26H18F2N6Si2. The summed E-state index contributed by atoms with van der Waals surface area (Å²) in [6.45, 7) is 10.9. The van der Waals surface area contributed by atoms with Gasteiger partial charge in [-0.05, 0) is 10.4 Å². The lowest BCUT2D eigenvalue weighted by Crippen LogP contribution is -2.25. The third-order valence-corrected chi connectivity index (χ3v) is 10.0. The Morgan fingerprint density at radius 2 is 0.806 bits per heavy atom. The fourth-order valence-electron chi connectivity index (χ4n) is 4.88. The topological polar surface area (TPSA) is 143 Å². The van der Waals surface area contributed by atoms with Crippen LogP contribution in [0.4, 0.5) is 8.78 Å². The number of hydrogen-bond donors (Lipinski definition) is 0. The smallest absolute Gasteiger partial charge is 0.141 e. The van der Waals surface area contributed by atoms with E-state index in [1.54, 1.807) is 24.3 Å². The van der Waals surface area contributed by atoms with E-state index in [1.165, 1.54) is 0 Å². The second-order valence-corrected chi connectivity index (χ2v) is 20.3. The van der Waals surface area contributed by atoms with Crippen LogP contribution in [0.3, 0.4) is 0 Å². The monoisotopic (exact) mass is 508 g/mol. The summed E-state index contributed by atoms with van der Waals surface area (Å²) in [5.74, 6) is -2.11. The molecule has 0 atom stereocenters. The van der Waals surface area contributed by atoms with E-state index in [9.17, 15) is 31.6 Å². The quantitative estimate of drug-likeness (QED) is 0.359. The Morgan fingerprint density at radius 3 is 1.00 bits per heavy atom. The minimum atomic E-state index is -2.58. The molecule has 2 aliphatic carbocycles. The molecule has 1 aromatic rings. The van der Waals surface area contributed by atoms with Crippen LogP contribution in [-0.4, -0.2) is 16.1 Å². The van der Waals surface area contributed by atoms with E-state index in [-0.39, 0.29) is 32.7 Å². The number of halogens is 2. The summed E-state index contributed by atoms with van der Waals surface area (Å²) in [5, 5.41) is 59.3. The lowest BCUT2D eigenvalue weighted by Gasteiger charge is -2.21. The van der Waals surface area contributed by atoms with Crippen molar-refractivity contribution in [2.75, 3.05) is 0 Å². The van der Waals surface area contributed by atoms with Gasteiger partial charge in [0.25, 0.3) is 0 Å². The van der Waals surface area contributed by atoms with Crippen LogP contribution in [0.15, 0.2) is 21.5 Å². The standard InChI is InChI=1S/C26H18F2N6Si2/c1-35(2,3)25-15(11-33)19-21(17(25)13(7-29)8-30)24(28)20-16(12-34)26(36(4,5)6)18(14(9-31)10-32)22(20)23(19)27/h1-6H3. The number of hydrogen-bond acceptors (Lipinski definition) is 6. The van der Waals surface area contributed by atoms with Crippen LogP contribution in [0.25, 0.3) is 22.3 Å². The predicted octanol–water partition coefficient (Wildman–Crippen LogP) is 5.90. The molecule has 0 aromatic heterocycles. The summed E-state index contributed by atoms with van der Waals surface area (Å²) >= 11 is 0. The normalized spacial score (nSPS) is 14.2. The average molecular weight is 509 g/mol. The van der Waals surface area contributed by atoms with Crippen molar-refractivity contribution in [1.82, 2.24) is 0 Å². The van der Waals surface area contributed by atoms with Gasteiger partial charge in [-0.2, -0.15) is 31.6 Å². The fourth-order valence-corrected chi connectivity index (χ4v) is 8.74. The van der Waals surface area contributed by atoms with Crippen molar-refractivity contribution in [3.05, 3.63) is 55.4 Å². The van der Waals surface area contributed by atoms with Gasteiger partial charge in [-0.25, -0.2) is 8.78 Å². The van der Waals surface area contributed by atoms with Crippen LogP contribution in [-0.2, 0) is 0 Å². The predicted molar refractivity (Wildman–Crippen MR) is 134 cm³/mol. The average Bonchev–Trinajstić information content (AvgIpc) is 3.34. The minimum Gasteiger partial charge on any atom is -0.206 e. The summed E-state index contributed by atoms with van der Waals surface area (Å²) in [6, 6.07) is 10.9. The highest BCUT2D eigenvalue weighted by molar-refractivity contribution is 6.87. The maximum atomic E-state index is 16.6. The van der Waals surface area contributed by atoms with E-state index in [0.717, 1.165) is 0 Å². The fraction of sp³-hybridized carbons (Fsp3) is 0.231. The van der Waals surface area contributed by atoms with Gasteiger partial charge in [0.15, 0.2) is 0 Å². The molecule has 174 valence electrons. The minimum absolute atomic E-state index is 0.130. The number of fused-ring (bicyclic) bond motifs is 2. The summed E-state index contributed by atoms with van der Waals surface area (Å²) in [7, 11) is -5.16. The molecule has 0 N–H and O–H groups in total. The zero-order valence-electron chi connectivity index (χ0n) is 20.4. The van der Waals surface area contributed by atoms with Crippen molar-refractivity contribution in [2.45, 2.75) is 39.3 Å². The molecule has 1 aromatic carbocycles. The second-order valence-electron chi connectivity index (χ2n) is 10.3. The highest BCUT2D eigenvalue weighted by Gasteiger charge is 2.47. The van der Waals surface area contributed by atoms with Crippen LogP contribution < -0.4 is 0 Å². The van der Waals surface area contributed by atoms with Gasteiger partial charge in [0, 0.05) is 33.4 Å². The molecule has 0 fully saturated rings. The Hall–Kier alpha value is -4.59. The largest absolute Gasteiger partial charge is 0.206 e. The number of nitriles is 6. The lowest BCUT2D eigenvalue weighted by molar-refractivity contribution is 0.590. The van der Waals surface area contributed by atoms with Crippen LogP contribution in [0.1, 0.15) is 22.3 Å². The highest BCUT2D eigenvalue weighted by atomic mass is 28.3. The SMILES string of the molecule is C[Si](C)(C)C1=C(C#N)c2c(F)c3c(c(F)c2C1=C(C#N)C#N)C(C#N)=C([Si](C)(C)C)C3=C(C#N)C#N. The summed E-state index contributed by atoms with van der Waals surface area (Å²) in [6.07, 6.45) is 0. The summed E-state index contributed by atoms with van der Waals surface area (Å²) in [5.41, 5.74) is -3.19. The van der Waals surface area contributed by atoms with Crippen LogP contribution in [0.2, 0.25) is 39.3 Å². The zero-order chi connectivity index (χ0) is 27.3. The molecular weight excluding hydrogens is 490 g/mol. The maximum absolute atomic E-state index is 16.6. The number of benzene rings is 1. The van der Waals surface area contributed by atoms with Crippen molar-refractivity contribution >= 4 is 38.4 Å². The number of rotatable bonds is 2. The molecule has 2 aliphatic rings. The zero-order valence-corrected chi connectivity index (χ0v) is 22.4. The first-order valence-electron chi connectivity index (χ1n) is 10.7. The van der Waals surface area contributed by atoms with Gasteiger partial charge >= 0.3 is 0 Å². The van der Waals surface area contributed by atoms with Crippen molar-refractivity contribution in [1.29, 1.82) is 31.6 Å². The Kier molecular flexibility index (Phi) is 6.20. The van der Waals surface area contributed by atoms with Gasteiger partial charge in [0.1, 0.15) is 47.1 Å². The third-order valence-electron chi connectivity index (χ3n) is 6.05. The van der Waals surface area contributed by atoms with E-state index in [2.05, 4.69) is 0 Å². The molecule has 0 aliphatic heterocycles. The molecule has 0 saturated carbocycles. The first-order chi connectivity index (χ1) is 16.8. The lowest BCUT2D eigenvalue weighted by atomic mass is 9.90. The van der Waals surface area contributed by atoms with Gasteiger partial charge in [0.2, 0.25) is 0 Å². The van der Waals surface area contributed by atoms with Gasteiger partial charge in [-0.3, -0.25) is 0 Å². The van der Waals surface area contributed by atoms with Crippen molar-refractivity contribution < 1.29 is 8.78 Å². The Labute approximate surface area is 209 Å². The molecule has 0 amide bonds. The molecule has 0 spiro atoms. The Morgan fingerprint density at radius 1 is 0.528 bits per heavy atom. The highest BCUT2D eigenvalue weighted by Crippen LogP contribution is 2.55. The molecule has 0 radical (unpaired) electrons. The van der Waals surface area contributed by atoms with Crippen LogP contribution in [0.5, 0.6) is 0 Å². The van der Waals surface area contributed by atoms with Crippen molar-refractivity contribution in [3.8, 4) is 36.4 Å². The molecule has 36 heavy (non-hydrogen) atoms. The van der Waals surface area contributed by atoms with Crippen LogP contribution in [0, 0.1) is 79.6 Å². The third kappa shape index (κ3) is 3.41. The first-order valence-corrected chi connectivity index (χ1v) is 17.7. The van der Waals surface area contributed by atoms with Gasteiger partial charge in [0.05, 0.1) is 39.4 Å². The van der Waals surface area contributed by atoms with E-state index in [4.69, 9.17) is 0 Å². The number of nitrogens with zero attached hydrogens (tertiary/aromatic N) is 6. The Bertz CT molecular complexity index is 1510. The molecule has 0 heterocycles. The van der Waals surface area contributed by atoms with Gasteiger partial charge < -0.3 is 0 Å². The van der Waals surface area contributed by atoms with Crippen molar-refractivity contribution in [2.24, 2.45) is 0 Å². The molecule has 6 nitrogen and oxygen atoms in total. The van der Waals surface area contributed by atoms with Gasteiger partial charge in [-0.15, -0.1) is 0 Å². The van der Waals surface area contributed by atoms with Gasteiger partial charge in [-0.1, -0.05) is 39.3 Å². The number of allylic oxidation sites excluding steroid dienone is 8. The van der Waals surface area contributed by atoms with E-state index >= 15 is 8.78 Å². The van der Waals surface area contributed by atoms with E-state index in [1.807, 2.05) is 51.4 Å². The van der Waals surface area contributed by atoms with E-state index in [0.29, 0.717) is 0 Å². The summed E-state index contributed by atoms with van der Waals surface area (Å²) < 4.78 is 33.1. The Balaban J connectivity index is 2.79.